The summed E-state index contributed by atoms with van der Waals surface area (Å²) in [5.74, 6) is -1.32. The first-order valence-corrected chi connectivity index (χ1v) is 4.75. The van der Waals surface area contributed by atoms with Crippen LogP contribution in [-0.2, 0) is 14.3 Å². The lowest BCUT2D eigenvalue weighted by atomic mass is 10.1. The molecule has 16 heavy (non-hydrogen) atoms. The van der Waals surface area contributed by atoms with E-state index in [0.717, 1.165) is 6.08 Å². The van der Waals surface area contributed by atoms with Crippen molar-refractivity contribution in [3.05, 3.63) is 25.3 Å². The van der Waals surface area contributed by atoms with E-state index in [9.17, 15) is 9.59 Å². The van der Waals surface area contributed by atoms with Crippen molar-refractivity contribution < 1.29 is 19.4 Å². The third-order valence-corrected chi connectivity index (χ3v) is 1.51. The molecule has 0 unspecified atom stereocenters. The van der Waals surface area contributed by atoms with E-state index < -0.39 is 18.0 Å². The molecule has 0 fully saturated rings. The third-order valence-electron chi connectivity index (χ3n) is 1.51. The van der Waals surface area contributed by atoms with Crippen molar-refractivity contribution in [3.63, 3.8) is 0 Å². The fraction of sp³-hybridized carbons (Fsp3) is 0.455. The average molecular weight is 229 g/mol. The highest BCUT2D eigenvalue weighted by Gasteiger charge is 2.14. The predicted molar refractivity (Wildman–Crippen MR) is 61.8 cm³/mol. The molecule has 5 nitrogen and oxygen atoms in total. The van der Waals surface area contributed by atoms with Gasteiger partial charge in [0.05, 0.1) is 0 Å². The van der Waals surface area contributed by atoms with Crippen molar-refractivity contribution in [2.24, 2.45) is 11.7 Å². The fourth-order valence-electron chi connectivity index (χ4n) is 0.485. The Labute approximate surface area is 95.6 Å². The first kappa shape index (κ1) is 16.8. The number of hydrogen-bond acceptors (Lipinski definition) is 4. The zero-order chi connectivity index (χ0) is 13.1. The van der Waals surface area contributed by atoms with E-state index in [2.05, 4.69) is 17.9 Å². The molecule has 5 heteroatoms. The third kappa shape index (κ3) is 10.5. The van der Waals surface area contributed by atoms with Gasteiger partial charge in [0.25, 0.3) is 0 Å². The summed E-state index contributed by atoms with van der Waals surface area (Å²) in [5.41, 5.74) is 5.16. The number of carbonyl (C=O) groups excluding carboxylic acids is 1. The largest absolute Gasteiger partial charge is 0.480 e. The maximum absolute atomic E-state index is 10.2. The van der Waals surface area contributed by atoms with Crippen LogP contribution in [0.1, 0.15) is 13.8 Å². The Kier molecular flexibility index (Phi) is 10.4. The first-order valence-electron chi connectivity index (χ1n) is 4.75. The van der Waals surface area contributed by atoms with Crippen molar-refractivity contribution in [1.29, 1.82) is 0 Å². The molecule has 0 aliphatic carbocycles. The summed E-state index contributed by atoms with van der Waals surface area (Å²) in [4.78, 5) is 20.2. The van der Waals surface area contributed by atoms with Gasteiger partial charge in [-0.15, -0.1) is 0 Å². The highest BCUT2D eigenvalue weighted by molar-refractivity contribution is 5.81. The van der Waals surface area contributed by atoms with E-state index in [0.29, 0.717) is 0 Å². The summed E-state index contributed by atoms with van der Waals surface area (Å²) in [7, 11) is 0. The van der Waals surface area contributed by atoms with Gasteiger partial charge in [-0.2, -0.15) is 0 Å². The highest BCUT2D eigenvalue weighted by atomic mass is 16.5. The maximum atomic E-state index is 10.2. The van der Waals surface area contributed by atoms with Crippen LogP contribution in [-0.4, -0.2) is 29.7 Å². The molecule has 0 rings (SSSR count). The monoisotopic (exact) mass is 229 g/mol. The van der Waals surface area contributed by atoms with E-state index in [1.807, 2.05) is 0 Å². The summed E-state index contributed by atoms with van der Waals surface area (Å²) in [5, 5.41) is 8.23. The molecule has 0 bridgehead atoms. The maximum Gasteiger partial charge on any atom is 0.330 e. The van der Waals surface area contributed by atoms with Gasteiger partial charge in [0.2, 0.25) is 0 Å². The number of rotatable bonds is 5. The van der Waals surface area contributed by atoms with Crippen molar-refractivity contribution >= 4 is 11.9 Å². The van der Waals surface area contributed by atoms with Crippen LogP contribution in [0.5, 0.6) is 0 Å². The SMILES string of the molecule is C=CCOC(=O)C=C.CC(C)[C@H](N)C(=O)O. The number of hydrogen-bond donors (Lipinski definition) is 2. The molecular weight excluding hydrogens is 210 g/mol. The molecule has 0 aromatic carbocycles. The highest BCUT2D eigenvalue weighted by Crippen LogP contribution is 1.96. The number of carbonyl (C=O) groups is 2. The summed E-state index contributed by atoms with van der Waals surface area (Å²) in [6.45, 7) is 10.4. The summed E-state index contributed by atoms with van der Waals surface area (Å²) in [6.07, 6.45) is 2.62. The number of carboxylic acid groups (broad SMARTS) is 1. The van der Waals surface area contributed by atoms with Gasteiger partial charge in [-0.1, -0.05) is 33.1 Å². The lowest BCUT2D eigenvalue weighted by Crippen LogP contribution is -2.34. The molecule has 0 aliphatic rings. The zero-order valence-electron chi connectivity index (χ0n) is 9.68. The molecule has 0 spiro atoms. The minimum atomic E-state index is -0.931. The molecule has 0 saturated carbocycles. The molecule has 0 saturated heterocycles. The Balaban J connectivity index is 0. The molecule has 0 heterocycles. The zero-order valence-corrected chi connectivity index (χ0v) is 9.68. The van der Waals surface area contributed by atoms with E-state index in [-0.39, 0.29) is 12.5 Å². The van der Waals surface area contributed by atoms with Gasteiger partial charge in [0.1, 0.15) is 12.6 Å². The minimum Gasteiger partial charge on any atom is -0.480 e. The molecule has 0 aromatic rings. The predicted octanol–water partition coefficient (Wildman–Crippen LogP) is 0.956. The lowest BCUT2D eigenvalue weighted by molar-refractivity contribution is -0.139. The minimum absolute atomic E-state index is 0.0208. The van der Waals surface area contributed by atoms with E-state index in [1.165, 1.54) is 6.08 Å². The van der Waals surface area contributed by atoms with Gasteiger partial charge in [0, 0.05) is 6.08 Å². The Morgan fingerprint density at radius 1 is 1.44 bits per heavy atom. The molecule has 0 radical (unpaired) electrons. The molecule has 0 aliphatic heterocycles. The molecule has 1 atom stereocenters. The van der Waals surface area contributed by atoms with Crippen LogP contribution in [0.3, 0.4) is 0 Å². The summed E-state index contributed by atoms with van der Waals surface area (Å²) >= 11 is 0. The molecule has 92 valence electrons. The number of ether oxygens (including phenoxy) is 1. The second-order valence-electron chi connectivity index (χ2n) is 3.23. The molecule has 0 aromatic heterocycles. The van der Waals surface area contributed by atoms with Crippen LogP contribution in [0.2, 0.25) is 0 Å². The average Bonchev–Trinajstić information content (AvgIpc) is 2.25. The van der Waals surface area contributed by atoms with Crippen LogP contribution in [0.15, 0.2) is 25.3 Å². The van der Waals surface area contributed by atoms with Crippen LogP contribution < -0.4 is 5.73 Å². The van der Waals surface area contributed by atoms with Gasteiger partial charge in [-0.05, 0) is 5.92 Å². The van der Waals surface area contributed by atoms with Gasteiger partial charge in [0.15, 0.2) is 0 Å². The van der Waals surface area contributed by atoms with Crippen molar-refractivity contribution in [2.75, 3.05) is 6.61 Å². The Bertz CT molecular complexity index is 248. The van der Waals surface area contributed by atoms with Gasteiger partial charge < -0.3 is 15.6 Å². The van der Waals surface area contributed by atoms with Crippen LogP contribution in [0.4, 0.5) is 0 Å². The van der Waals surface area contributed by atoms with Gasteiger partial charge in [-0.3, -0.25) is 4.79 Å². The topological polar surface area (TPSA) is 89.6 Å². The van der Waals surface area contributed by atoms with Gasteiger partial charge in [-0.25, -0.2) is 4.79 Å². The van der Waals surface area contributed by atoms with Crippen LogP contribution in [0, 0.1) is 5.92 Å². The summed E-state index contributed by atoms with van der Waals surface area (Å²) in [6, 6.07) is -0.713. The number of carboxylic acids is 1. The van der Waals surface area contributed by atoms with Gasteiger partial charge >= 0.3 is 11.9 Å². The second-order valence-corrected chi connectivity index (χ2v) is 3.23. The van der Waals surface area contributed by atoms with E-state index in [4.69, 9.17) is 10.8 Å². The van der Waals surface area contributed by atoms with Crippen LogP contribution in [0.25, 0.3) is 0 Å². The Hall–Kier alpha value is -1.62. The van der Waals surface area contributed by atoms with E-state index >= 15 is 0 Å². The van der Waals surface area contributed by atoms with E-state index in [1.54, 1.807) is 13.8 Å². The van der Waals surface area contributed by atoms with Crippen molar-refractivity contribution in [3.8, 4) is 0 Å². The number of esters is 1. The lowest BCUT2D eigenvalue weighted by Gasteiger charge is -2.07. The quantitative estimate of drug-likeness (QED) is 0.416. The smallest absolute Gasteiger partial charge is 0.330 e. The number of aliphatic carboxylic acids is 1. The van der Waals surface area contributed by atoms with Crippen molar-refractivity contribution in [1.82, 2.24) is 0 Å². The normalized spacial score (nSPS) is 10.8. The standard InChI is InChI=1S/C6H8O2.C5H11NO2/c1-3-5-8-6(7)4-2;1-3(2)4(6)5(7)8/h3-4H,1-2,5H2;3-4H,6H2,1-2H3,(H,7,8)/t;4-/m.0/s1. The molecule has 3 N–H and O–H groups in total. The molecular formula is C11H19NO4. The second kappa shape index (κ2) is 9.92. The fourth-order valence-corrected chi connectivity index (χ4v) is 0.485. The number of nitrogens with two attached hydrogens (primary N) is 1. The van der Waals surface area contributed by atoms with Crippen molar-refractivity contribution in [2.45, 2.75) is 19.9 Å². The Morgan fingerprint density at radius 3 is 2.12 bits per heavy atom. The molecule has 0 amide bonds. The first-order chi connectivity index (χ1) is 7.36. The summed E-state index contributed by atoms with van der Waals surface area (Å²) < 4.78 is 4.47. The Morgan fingerprint density at radius 2 is 1.94 bits per heavy atom. The van der Waals surface area contributed by atoms with Crippen LogP contribution >= 0.6 is 0 Å².